The number of hydrogen-bond donors (Lipinski definition) is 0. The average molecular weight is 332 g/mol. The fourth-order valence-electron chi connectivity index (χ4n) is 3.23. The summed E-state index contributed by atoms with van der Waals surface area (Å²) >= 11 is 0. The zero-order valence-corrected chi connectivity index (χ0v) is 14.5. The Balaban J connectivity index is 1.34. The molecule has 2 aromatic rings. The lowest BCUT2D eigenvalue weighted by atomic mass is 10.2. The molecule has 2 fully saturated rings. The number of aryl methyl sites for hydroxylation is 1. The summed E-state index contributed by atoms with van der Waals surface area (Å²) in [7, 11) is 0. The van der Waals surface area contributed by atoms with Crippen LogP contribution in [0.15, 0.2) is 8.94 Å². The Morgan fingerprint density at radius 2 is 1.58 bits per heavy atom. The molecule has 1 saturated heterocycles. The molecule has 4 rings (SSSR count). The van der Waals surface area contributed by atoms with Gasteiger partial charge in [0.1, 0.15) is 0 Å². The maximum Gasteiger partial charge on any atom is 0.243 e. The van der Waals surface area contributed by atoms with Crippen LogP contribution < -0.4 is 0 Å². The minimum atomic E-state index is 0.147. The van der Waals surface area contributed by atoms with E-state index in [0.29, 0.717) is 17.7 Å². The average Bonchev–Trinajstić information content (AvgIpc) is 3.17. The highest BCUT2D eigenvalue weighted by atomic mass is 16.5. The van der Waals surface area contributed by atoms with Gasteiger partial charge in [0.25, 0.3) is 0 Å². The molecule has 0 N–H and O–H groups in total. The summed E-state index contributed by atoms with van der Waals surface area (Å²) in [4.78, 5) is 9.36. The van der Waals surface area contributed by atoms with Crippen molar-refractivity contribution in [1.29, 1.82) is 0 Å². The predicted molar refractivity (Wildman–Crippen MR) is 85.3 cm³/mol. The monoisotopic (exact) mass is 332 g/mol. The topological polar surface area (TPSA) is 84.3 Å². The summed E-state index contributed by atoms with van der Waals surface area (Å²) in [5, 5.41) is 12.2. The van der Waals surface area contributed by atoms with E-state index >= 15 is 0 Å². The minimum Gasteiger partial charge on any atom is -0.424 e. The van der Waals surface area contributed by atoms with E-state index in [4.69, 9.17) is 8.94 Å². The van der Waals surface area contributed by atoms with E-state index in [2.05, 4.69) is 44.0 Å². The molecule has 8 heteroatoms. The van der Waals surface area contributed by atoms with Crippen molar-refractivity contribution in [3.63, 3.8) is 0 Å². The van der Waals surface area contributed by atoms with Crippen LogP contribution in [0.1, 0.15) is 68.2 Å². The van der Waals surface area contributed by atoms with Crippen LogP contribution in [-0.4, -0.2) is 56.3 Å². The third-order valence-corrected chi connectivity index (χ3v) is 5.10. The summed E-state index contributed by atoms with van der Waals surface area (Å²) in [5.41, 5.74) is 0. The molecule has 1 saturated carbocycles. The molecular formula is C16H24N6O2. The van der Waals surface area contributed by atoms with Crippen molar-refractivity contribution < 1.29 is 8.94 Å². The molecule has 1 aliphatic carbocycles. The molecular weight excluding hydrogens is 308 g/mol. The third kappa shape index (κ3) is 3.08. The zero-order chi connectivity index (χ0) is 16.7. The van der Waals surface area contributed by atoms with Crippen LogP contribution in [0.25, 0.3) is 0 Å². The largest absolute Gasteiger partial charge is 0.424 e. The maximum atomic E-state index is 5.56. The van der Waals surface area contributed by atoms with Gasteiger partial charge in [-0.05, 0) is 26.7 Å². The van der Waals surface area contributed by atoms with Crippen LogP contribution in [0, 0.1) is 6.92 Å². The molecule has 0 unspecified atom stereocenters. The zero-order valence-electron chi connectivity index (χ0n) is 14.5. The van der Waals surface area contributed by atoms with Gasteiger partial charge < -0.3 is 8.94 Å². The molecule has 0 spiro atoms. The highest BCUT2D eigenvalue weighted by molar-refractivity contribution is 5.05. The van der Waals surface area contributed by atoms with Gasteiger partial charge in [-0.3, -0.25) is 9.80 Å². The molecule has 2 aliphatic rings. The molecule has 24 heavy (non-hydrogen) atoms. The van der Waals surface area contributed by atoms with Gasteiger partial charge in [-0.15, -0.1) is 10.2 Å². The molecule has 0 bridgehead atoms. The second kappa shape index (κ2) is 6.25. The fraction of sp³-hybridized carbons (Fsp3) is 0.750. The number of hydrogen-bond acceptors (Lipinski definition) is 8. The first-order valence-corrected chi connectivity index (χ1v) is 8.73. The highest BCUT2D eigenvalue weighted by Crippen LogP contribution is 2.38. The van der Waals surface area contributed by atoms with Gasteiger partial charge >= 0.3 is 0 Å². The molecule has 0 radical (unpaired) electrons. The van der Waals surface area contributed by atoms with Crippen LogP contribution in [0.5, 0.6) is 0 Å². The van der Waals surface area contributed by atoms with Gasteiger partial charge in [0.05, 0.1) is 12.1 Å². The van der Waals surface area contributed by atoms with Crippen molar-refractivity contribution >= 4 is 0 Å². The molecule has 0 amide bonds. The lowest BCUT2D eigenvalue weighted by Gasteiger charge is -2.38. The van der Waals surface area contributed by atoms with Crippen molar-refractivity contribution in [2.75, 3.05) is 26.2 Å². The molecule has 1 aliphatic heterocycles. The Kier molecular flexibility index (Phi) is 4.09. The second-order valence-corrected chi connectivity index (χ2v) is 6.85. The van der Waals surface area contributed by atoms with Crippen molar-refractivity contribution in [1.82, 2.24) is 30.1 Å². The highest BCUT2D eigenvalue weighted by Gasteiger charge is 2.32. The third-order valence-electron chi connectivity index (χ3n) is 5.10. The van der Waals surface area contributed by atoms with E-state index in [-0.39, 0.29) is 12.1 Å². The van der Waals surface area contributed by atoms with E-state index in [9.17, 15) is 0 Å². The summed E-state index contributed by atoms with van der Waals surface area (Å²) in [6.07, 6.45) is 2.39. The molecule has 0 aromatic carbocycles. The Morgan fingerprint density at radius 1 is 0.958 bits per heavy atom. The molecule has 2 atom stereocenters. The molecule has 8 nitrogen and oxygen atoms in total. The van der Waals surface area contributed by atoms with E-state index < -0.39 is 0 Å². The maximum absolute atomic E-state index is 5.56. The number of rotatable bonds is 5. The fourth-order valence-corrected chi connectivity index (χ4v) is 3.23. The van der Waals surface area contributed by atoms with Crippen molar-refractivity contribution in [2.24, 2.45) is 0 Å². The first kappa shape index (κ1) is 15.7. The van der Waals surface area contributed by atoms with Gasteiger partial charge in [-0.2, -0.15) is 4.98 Å². The van der Waals surface area contributed by atoms with Gasteiger partial charge in [0, 0.05) is 39.0 Å². The molecule has 130 valence electrons. The lowest BCUT2D eigenvalue weighted by Crippen LogP contribution is -2.47. The van der Waals surface area contributed by atoms with Crippen molar-refractivity contribution in [3.05, 3.63) is 23.5 Å². The quantitative estimate of drug-likeness (QED) is 0.823. The van der Waals surface area contributed by atoms with Crippen LogP contribution >= 0.6 is 0 Å². The summed E-state index contributed by atoms with van der Waals surface area (Å²) in [5.74, 6) is 3.47. The van der Waals surface area contributed by atoms with E-state index in [1.165, 1.54) is 12.8 Å². The first-order valence-electron chi connectivity index (χ1n) is 8.73. The van der Waals surface area contributed by atoms with Gasteiger partial charge in [0.15, 0.2) is 5.82 Å². The van der Waals surface area contributed by atoms with Gasteiger partial charge in [-0.25, -0.2) is 0 Å². The van der Waals surface area contributed by atoms with Crippen LogP contribution in [0.4, 0.5) is 0 Å². The first-order chi connectivity index (χ1) is 11.6. The Bertz CT molecular complexity index is 686. The van der Waals surface area contributed by atoms with E-state index in [1.54, 1.807) is 0 Å². The summed E-state index contributed by atoms with van der Waals surface area (Å²) < 4.78 is 11.0. The lowest BCUT2D eigenvalue weighted by molar-refractivity contribution is 0.0603. The standard InChI is InChI=1S/C16H24N6O2/c1-10(15-17-14(20-24-15)13-4-5-13)21-6-8-22(9-7-21)11(2)16-19-18-12(3)23-16/h10-11,13H,4-9H2,1-3H3/t10-,11+/m1/s1. The Morgan fingerprint density at radius 3 is 2.12 bits per heavy atom. The normalized spacial score (nSPS) is 22.6. The summed E-state index contributed by atoms with van der Waals surface area (Å²) in [6.45, 7) is 9.91. The molecule has 2 aromatic heterocycles. The van der Waals surface area contributed by atoms with Crippen LogP contribution in [0.3, 0.4) is 0 Å². The second-order valence-electron chi connectivity index (χ2n) is 6.85. The number of aromatic nitrogens is 4. The Labute approximate surface area is 141 Å². The minimum absolute atomic E-state index is 0.147. The molecule has 3 heterocycles. The SMILES string of the molecule is Cc1nnc([C@H](C)N2CCN([C@H](C)c3nc(C4CC4)no3)CC2)o1. The predicted octanol–water partition coefficient (Wildman–Crippen LogP) is 2.08. The van der Waals surface area contributed by atoms with Crippen LogP contribution in [-0.2, 0) is 0 Å². The smallest absolute Gasteiger partial charge is 0.243 e. The summed E-state index contributed by atoms with van der Waals surface area (Å²) in [6, 6.07) is 0.307. The van der Waals surface area contributed by atoms with Gasteiger partial charge in [0.2, 0.25) is 17.7 Å². The van der Waals surface area contributed by atoms with Crippen LogP contribution in [0.2, 0.25) is 0 Å². The number of nitrogens with zero attached hydrogens (tertiary/aromatic N) is 6. The van der Waals surface area contributed by atoms with Crippen molar-refractivity contribution in [3.8, 4) is 0 Å². The van der Waals surface area contributed by atoms with Crippen molar-refractivity contribution in [2.45, 2.75) is 51.6 Å². The van der Waals surface area contributed by atoms with E-state index in [0.717, 1.165) is 37.9 Å². The van der Waals surface area contributed by atoms with Gasteiger partial charge in [-0.1, -0.05) is 5.16 Å². The number of piperazine rings is 1. The van der Waals surface area contributed by atoms with E-state index in [1.807, 2.05) is 6.92 Å². The Hall–Kier alpha value is -1.80.